The van der Waals surface area contributed by atoms with Crippen LogP contribution in [0.4, 0.5) is 5.69 Å². The minimum absolute atomic E-state index is 0.0855. The molecule has 0 spiro atoms. The highest BCUT2D eigenvalue weighted by Crippen LogP contribution is 2.23. The zero-order valence-electron chi connectivity index (χ0n) is 17.5. The van der Waals surface area contributed by atoms with Gasteiger partial charge in [-0.15, -0.1) is 0 Å². The van der Waals surface area contributed by atoms with Crippen molar-refractivity contribution in [2.45, 2.75) is 6.61 Å². The highest BCUT2D eigenvalue weighted by atomic mass is 35.5. The number of piperazine rings is 1. The number of nitrogens with zero attached hydrogens (tertiary/aromatic N) is 2. The minimum atomic E-state index is -0.0855. The Morgan fingerprint density at radius 1 is 0.875 bits per heavy atom. The zero-order valence-corrected chi connectivity index (χ0v) is 18.3. The third kappa shape index (κ3) is 4.43. The summed E-state index contributed by atoms with van der Waals surface area (Å²) in [6.45, 7) is 3.10. The van der Waals surface area contributed by atoms with Gasteiger partial charge in [-0.05, 0) is 59.3 Å². The van der Waals surface area contributed by atoms with Crippen LogP contribution in [0.25, 0.3) is 10.8 Å². The fourth-order valence-electron chi connectivity index (χ4n) is 3.96. The molecule has 0 N–H and O–H groups in total. The Balaban J connectivity index is 1.17. The first-order valence-electron chi connectivity index (χ1n) is 10.7. The summed E-state index contributed by atoms with van der Waals surface area (Å²) in [5, 5.41) is 3.01. The number of halogens is 1. The molecule has 0 atom stereocenters. The van der Waals surface area contributed by atoms with Crippen molar-refractivity contribution in [2.75, 3.05) is 31.1 Å². The van der Waals surface area contributed by atoms with Gasteiger partial charge in [0.15, 0.2) is 5.76 Å². The van der Waals surface area contributed by atoms with E-state index in [1.165, 1.54) is 5.39 Å². The average molecular weight is 447 g/mol. The van der Waals surface area contributed by atoms with Crippen LogP contribution in [0.1, 0.15) is 16.3 Å². The third-order valence-corrected chi connectivity index (χ3v) is 5.99. The van der Waals surface area contributed by atoms with E-state index in [-0.39, 0.29) is 12.5 Å². The van der Waals surface area contributed by atoms with Gasteiger partial charge in [0.25, 0.3) is 5.91 Å². The number of carbonyl (C=O) groups excluding carboxylic acids is 1. The standard InChI is InChI=1S/C26H23ClN2O3/c27-21-6-8-22(9-7-21)28-13-15-29(16-14-28)26(30)25-12-11-24(32-25)18-31-23-10-5-19-3-1-2-4-20(19)17-23/h1-12,17H,13-16,18H2. The van der Waals surface area contributed by atoms with Gasteiger partial charge in [0.2, 0.25) is 0 Å². The van der Waals surface area contributed by atoms with Crippen LogP contribution in [0.2, 0.25) is 5.02 Å². The lowest BCUT2D eigenvalue weighted by molar-refractivity contribution is 0.0710. The third-order valence-electron chi connectivity index (χ3n) is 5.73. The molecule has 1 saturated heterocycles. The van der Waals surface area contributed by atoms with E-state index in [0.717, 1.165) is 34.9 Å². The quantitative estimate of drug-likeness (QED) is 0.398. The highest BCUT2D eigenvalue weighted by Gasteiger charge is 2.24. The lowest BCUT2D eigenvalue weighted by atomic mass is 10.1. The van der Waals surface area contributed by atoms with Crippen molar-refractivity contribution in [3.05, 3.63) is 95.4 Å². The molecule has 4 aromatic rings. The van der Waals surface area contributed by atoms with Crippen molar-refractivity contribution >= 4 is 34.0 Å². The second kappa shape index (κ2) is 8.97. The molecule has 5 rings (SSSR count). The van der Waals surface area contributed by atoms with E-state index in [0.29, 0.717) is 24.6 Å². The Morgan fingerprint density at radius 2 is 1.62 bits per heavy atom. The fraction of sp³-hybridized carbons (Fsp3) is 0.192. The van der Waals surface area contributed by atoms with Crippen LogP contribution >= 0.6 is 11.6 Å². The van der Waals surface area contributed by atoms with Gasteiger partial charge in [0.1, 0.15) is 18.1 Å². The summed E-state index contributed by atoms with van der Waals surface area (Å²) in [7, 11) is 0. The Morgan fingerprint density at radius 3 is 2.41 bits per heavy atom. The maximum absolute atomic E-state index is 12.9. The minimum Gasteiger partial charge on any atom is -0.486 e. The number of furan rings is 1. The molecule has 32 heavy (non-hydrogen) atoms. The average Bonchev–Trinajstić information content (AvgIpc) is 3.32. The second-order valence-electron chi connectivity index (χ2n) is 7.82. The largest absolute Gasteiger partial charge is 0.486 e. The predicted molar refractivity (Wildman–Crippen MR) is 127 cm³/mol. The van der Waals surface area contributed by atoms with Gasteiger partial charge in [0, 0.05) is 36.9 Å². The van der Waals surface area contributed by atoms with Crippen LogP contribution in [-0.2, 0) is 6.61 Å². The maximum atomic E-state index is 12.9. The summed E-state index contributed by atoms with van der Waals surface area (Å²) in [6.07, 6.45) is 0. The summed E-state index contributed by atoms with van der Waals surface area (Å²) in [5.74, 6) is 1.66. The van der Waals surface area contributed by atoms with Crippen molar-refractivity contribution in [2.24, 2.45) is 0 Å². The number of hydrogen-bond donors (Lipinski definition) is 0. The molecule has 162 valence electrons. The predicted octanol–water partition coefficient (Wildman–Crippen LogP) is 5.63. The lowest BCUT2D eigenvalue weighted by Gasteiger charge is -2.35. The van der Waals surface area contributed by atoms with Crippen LogP contribution in [0.15, 0.2) is 83.3 Å². The van der Waals surface area contributed by atoms with Crippen molar-refractivity contribution in [1.29, 1.82) is 0 Å². The Hall–Kier alpha value is -3.44. The van der Waals surface area contributed by atoms with Gasteiger partial charge in [0.05, 0.1) is 0 Å². The lowest BCUT2D eigenvalue weighted by Crippen LogP contribution is -2.48. The molecule has 5 nitrogen and oxygen atoms in total. The first-order valence-corrected chi connectivity index (χ1v) is 11.0. The number of ether oxygens (including phenoxy) is 1. The molecule has 1 aromatic heterocycles. The summed E-state index contributed by atoms with van der Waals surface area (Å²) >= 11 is 5.97. The number of carbonyl (C=O) groups is 1. The smallest absolute Gasteiger partial charge is 0.289 e. The van der Waals surface area contributed by atoms with E-state index in [1.807, 2.05) is 59.5 Å². The number of benzene rings is 3. The summed E-state index contributed by atoms with van der Waals surface area (Å²) in [5.41, 5.74) is 1.12. The molecule has 0 unspecified atom stereocenters. The maximum Gasteiger partial charge on any atom is 0.289 e. The molecule has 0 radical (unpaired) electrons. The summed E-state index contributed by atoms with van der Waals surface area (Å²) in [4.78, 5) is 17.0. The molecular weight excluding hydrogens is 424 g/mol. The van der Waals surface area contributed by atoms with Crippen molar-refractivity contribution < 1.29 is 13.9 Å². The van der Waals surface area contributed by atoms with Gasteiger partial charge < -0.3 is 19.0 Å². The SMILES string of the molecule is O=C(c1ccc(COc2ccc3ccccc3c2)o1)N1CCN(c2ccc(Cl)cc2)CC1. The normalized spacial score (nSPS) is 14.0. The number of rotatable bonds is 5. The van der Waals surface area contributed by atoms with E-state index in [1.54, 1.807) is 12.1 Å². The molecule has 2 heterocycles. The Kier molecular flexibility index (Phi) is 5.73. The first-order chi connectivity index (χ1) is 15.7. The number of hydrogen-bond acceptors (Lipinski definition) is 4. The van der Waals surface area contributed by atoms with Crippen LogP contribution in [0.3, 0.4) is 0 Å². The molecule has 3 aromatic carbocycles. The highest BCUT2D eigenvalue weighted by molar-refractivity contribution is 6.30. The zero-order chi connectivity index (χ0) is 21.9. The van der Waals surface area contributed by atoms with E-state index < -0.39 is 0 Å². The molecule has 1 aliphatic heterocycles. The summed E-state index contributed by atoms with van der Waals surface area (Å²) in [6, 6.07) is 25.4. The molecule has 1 aliphatic rings. The van der Waals surface area contributed by atoms with Gasteiger partial charge in [-0.1, -0.05) is 41.9 Å². The van der Waals surface area contributed by atoms with E-state index in [9.17, 15) is 4.79 Å². The number of amides is 1. The van der Waals surface area contributed by atoms with E-state index >= 15 is 0 Å². The second-order valence-corrected chi connectivity index (χ2v) is 8.26. The van der Waals surface area contributed by atoms with Crippen LogP contribution < -0.4 is 9.64 Å². The topological polar surface area (TPSA) is 45.9 Å². The monoisotopic (exact) mass is 446 g/mol. The van der Waals surface area contributed by atoms with Crippen molar-refractivity contribution in [1.82, 2.24) is 4.90 Å². The fourth-order valence-corrected chi connectivity index (χ4v) is 4.08. The molecule has 1 fully saturated rings. The Labute approximate surface area is 191 Å². The van der Waals surface area contributed by atoms with Gasteiger partial charge in [-0.2, -0.15) is 0 Å². The molecular formula is C26H23ClN2O3. The molecule has 0 bridgehead atoms. The Bertz CT molecular complexity index is 1230. The number of fused-ring (bicyclic) bond motifs is 1. The van der Waals surface area contributed by atoms with Crippen LogP contribution in [0, 0.1) is 0 Å². The van der Waals surface area contributed by atoms with Crippen molar-refractivity contribution in [3.8, 4) is 5.75 Å². The van der Waals surface area contributed by atoms with Crippen LogP contribution in [-0.4, -0.2) is 37.0 Å². The van der Waals surface area contributed by atoms with Gasteiger partial charge in [-0.3, -0.25) is 4.79 Å². The summed E-state index contributed by atoms with van der Waals surface area (Å²) < 4.78 is 11.7. The van der Waals surface area contributed by atoms with Crippen molar-refractivity contribution in [3.63, 3.8) is 0 Å². The molecule has 0 aliphatic carbocycles. The number of anilines is 1. The molecule has 6 heteroatoms. The van der Waals surface area contributed by atoms with Gasteiger partial charge >= 0.3 is 0 Å². The van der Waals surface area contributed by atoms with Gasteiger partial charge in [-0.25, -0.2) is 0 Å². The van der Waals surface area contributed by atoms with Crippen LogP contribution in [0.5, 0.6) is 5.75 Å². The first kappa shape index (κ1) is 20.5. The molecule has 0 saturated carbocycles. The molecule has 1 amide bonds. The van der Waals surface area contributed by atoms with E-state index in [4.69, 9.17) is 20.8 Å². The van der Waals surface area contributed by atoms with E-state index in [2.05, 4.69) is 17.0 Å².